The van der Waals surface area contributed by atoms with E-state index in [4.69, 9.17) is 4.74 Å². The standard InChI is InChI=1S/C34H45N5O5/c1-33(2,3)44-32(43)36-23-35-29(40)22-38-24-39(28-12-8-5-9-13-28)34(31(38)42)18-20-37(21-19-34)30(41)27-16-14-26(15-17-27)25-10-6-4-7-11-25/h5,8-9,12-17,25H,4,6-7,10-11,18-24H2,1-3H3,(H,35,40)(H,36,43). The number of nitrogens with one attached hydrogen (secondary N) is 2. The maximum absolute atomic E-state index is 14.0. The summed E-state index contributed by atoms with van der Waals surface area (Å²) < 4.78 is 5.19. The Bertz CT molecular complexity index is 1330. The SMILES string of the molecule is CC(C)(C)OC(=O)NCNC(=O)CN1CN(c2ccccc2)C2(CCN(C(=O)c3ccc(C4CCCCC4)cc3)CC2)C1=O. The summed E-state index contributed by atoms with van der Waals surface area (Å²) >= 11 is 0. The number of carbonyl (C=O) groups excluding carboxylic acids is 4. The van der Waals surface area contributed by atoms with Gasteiger partial charge in [-0.3, -0.25) is 14.4 Å². The van der Waals surface area contributed by atoms with Gasteiger partial charge in [0.05, 0.1) is 13.3 Å². The molecule has 0 bridgehead atoms. The zero-order chi connectivity index (χ0) is 31.3. The third kappa shape index (κ3) is 7.17. The molecule has 2 aromatic rings. The summed E-state index contributed by atoms with van der Waals surface area (Å²) in [7, 11) is 0. The second-order valence-corrected chi connectivity index (χ2v) is 13.1. The Morgan fingerprint density at radius 3 is 2.20 bits per heavy atom. The quantitative estimate of drug-likeness (QED) is 0.447. The van der Waals surface area contributed by atoms with E-state index in [9.17, 15) is 19.2 Å². The van der Waals surface area contributed by atoms with Gasteiger partial charge < -0.3 is 30.1 Å². The Hall–Kier alpha value is -4.08. The average molecular weight is 604 g/mol. The number of piperidine rings is 1. The number of para-hydroxylation sites is 1. The number of nitrogens with zero attached hydrogens (tertiary/aromatic N) is 3. The fourth-order valence-electron chi connectivity index (χ4n) is 6.68. The minimum absolute atomic E-state index is 0.0135. The van der Waals surface area contributed by atoms with E-state index in [-0.39, 0.29) is 37.6 Å². The van der Waals surface area contributed by atoms with Gasteiger partial charge in [0, 0.05) is 24.3 Å². The molecule has 2 heterocycles. The fourth-order valence-corrected chi connectivity index (χ4v) is 6.68. The molecule has 0 aromatic heterocycles. The van der Waals surface area contributed by atoms with Crippen LogP contribution in [0.5, 0.6) is 0 Å². The van der Waals surface area contributed by atoms with Crippen molar-refractivity contribution in [1.82, 2.24) is 20.4 Å². The third-order valence-corrected chi connectivity index (χ3v) is 8.95. The molecule has 2 aromatic carbocycles. The minimum atomic E-state index is -0.849. The summed E-state index contributed by atoms with van der Waals surface area (Å²) in [5.74, 6) is 0.0659. The number of hydrogen-bond donors (Lipinski definition) is 2. The van der Waals surface area contributed by atoms with Crippen molar-refractivity contribution in [2.45, 2.75) is 82.8 Å². The van der Waals surface area contributed by atoms with Crippen LogP contribution in [0, 0.1) is 0 Å². The van der Waals surface area contributed by atoms with Crippen LogP contribution in [0.1, 0.15) is 87.6 Å². The van der Waals surface area contributed by atoms with Crippen LogP contribution < -0.4 is 15.5 Å². The largest absolute Gasteiger partial charge is 0.444 e. The molecule has 3 fully saturated rings. The molecule has 0 radical (unpaired) electrons. The van der Waals surface area contributed by atoms with Crippen molar-refractivity contribution in [3.8, 4) is 0 Å². The van der Waals surface area contributed by atoms with Crippen LogP contribution in [0.25, 0.3) is 0 Å². The summed E-state index contributed by atoms with van der Waals surface area (Å²) in [5, 5.41) is 5.14. The Morgan fingerprint density at radius 2 is 1.57 bits per heavy atom. The highest BCUT2D eigenvalue weighted by Gasteiger charge is 2.54. The summed E-state index contributed by atoms with van der Waals surface area (Å²) in [6, 6.07) is 17.8. The van der Waals surface area contributed by atoms with Gasteiger partial charge in [0.2, 0.25) is 5.91 Å². The molecule has 10 heteroatoms. The summed E-state index contributed by atoms with van der Waals surface area (Å²) in [5.41, 5.74) is 1.39. The van der Waals surface area contributed by atoms with Gasteiger partial charge in [-0.1, -0.05) is 49.6 Å². The van der Waals surface area contributed by atoms with Crippen molar-refractivity contribution in [3.63, 3.8) is 0 Å². The summed E-state index contributed by atoms with van der Waals surface area (Å²) in [4.78, 5) is 57.6. The van der Waals surface area contributed by atoms with E-state index >= 15 is 0 Å². The fraction of sp³-hybridized carbons (Fsp3) is 0.529. The lowest BCUT2D eigenvalue weighted by Crippen LogP contribution is -2.57. The van der Waals surface area contributed by atoms with Gasteiger partial charge in [-0.2, -0.15) is 0 Å². The predicted octanol–water partition coefficient (Wildman–Crippen LogP) is 4.61. The van der Waals surface area contributed by atoms with Gasteiger partial charge in [-0.15, -0.1) is 0 Å². The molecule has 5 rings (SSSR count). The molecule has 2 saturated heterocycles. The first-order chi connectivity index (χ1) is 21.1. The zero-order valence-corrected chi connectivity index (χ0v) is 26.1. The van der Waals surface area contributed by atoms with Crippen molar-refractivity contribution in [3.05, 3.63) is 65.7 Å². The first-order valence-electron chi connectivity index (χ1n) is 15.8. The van der Waals surface area contributed by atoms with E-state index < -0.39 is 17.2 Å². The van der Waals surface area contributed by atoms with E-state index in [1.54, 1.807) is 25.7 Å². The highest BCUT2D eigenvalue weighted by Crippen LogP contribution is 2.40. The van der Waals surface area contributed by atoms with Gasteiger partial charge >= 0.3 is 6.09 Å². The Balaban J connectivity index is 1.22. The van der Waals surface area contributed by atoms with E-state index in [0.29, 0.717) is 37.4 Å². The Morgan fingerprint density at radius 1 is 0.909 bits per heavy atom. The normalized spacial score (nSPS) is 18.8. The molecular formula is C34H45N5O5. The van der Waals surface area contributed by atoms with E-state index in [0.717, 1.165) is 5.69 Å². The molecule has 10 nitrogen and oxygen atoms in total. The van der Waals surface area contributed by atoms with Crippen LogP contribution in [-0.4, -0.2) is 77.7 Å². The smallest absolute Gasteiger partial charge is 0.409 e. The summed E-state index contributed by atoms with van der Waals surface area (Å²) in [6.45, 7) is 6.16. The van der Waals surface area contributed by atoms with Gasteiger partial charge in [-0.05, 0) is 82.2 Å². The molecule has 0 unspecified atom stereocenters. The lowest BCUT2D eigenvalue weighted by molar-refractivity contribution is -0.137. The van der Waals surface area contributed by atoms with E-state index in [2.05, 4.69) is 27.7 Å². The van der Waals surface area contributed by atoms with Gasteiger partial charge in [-0.25, -0.2) is 4.79 Å². The number of alkyl carbamates (subject to hydrolysis) is 1. The molecule has 2 aliphatic heterocycles. The maximum Gasteiger partial charge on any atom is 0.409 e. The Labute approximate surface area is 260 Å². The first-order valence-corrected chi connectivity index (χ1v) is 15.8. The van der Waals surface area contributed by atoms with Crippen LogP contribution in [-0.2, 0) is 14.3 Å². The number of hydrogen-bond acceptors (Lipinski definition) is 6. The molecule has 2 N–H and O–H groups in total. The molecular weight excluding hydrogens is 558 g/mol. The second-order valence-electron chi connectivity index (χ2n) is 13.1. The van der Waals surface area contributed by atoms with Crippen molar-refractivity contribution in [2.75, 3.05) is 37.9 Å². The van der Waals surface area contributed by atoms with Crippen molar-refractivity contribution < 1.29 is 23.9 Å². The first kappa shape index (κ1) is 31.3. The highest BCUT2D eigenvalue weighted by atomic mass is 16.6. The van der Waals surface area contributed by atoms with Crippen LogP contribution in [0.3, 0.4) is 0 Å². The van der Waals surface area contributed by atoms with E-state index in [1.807, 2.05) is 47.4 Å². The lowest BCUT2D eigenvalue weighted by Gasteiger charge is -2.43. The molecule has 1 saturated carbocycles. The maximum atomic E-state index is 14.0. The number of benzene rings is 2. The topological polar surface area (TPSA) is 111 Å². The molecule has 236 valence electrons. The number of anilines is 1. The predicted molar refractivity (Wildman–Crippen MR) is 168 cm³/mol. The second kappa shape index (κ2) is 13.3. The van der Waals surface area contributed by atoms with E-state index in [1.165, 1.54) is 37.7 Å². The number of ether oxygens (including phenoxy) is 1. The monoisotopic (exact) mass is 603 g/mol. The number of amides is 4. The lowest BCUT2D eigenvalue weighted by atomic mass is 9.83. The Kier molecular flexibility index (Phi) is 9.46. The van der Waals surface area contributed by atoms with Crippen molar-refractivity contribution >= 4 is 29.5 Å². The van der Waals surface area contributed by atoms with Gasteiger partial charge in [0.15, 0.2) is 0 Å². The number of rotatable bonds is 7. The minimum Gasteiger partial charge on any atom is -0.444 e. The average Bonchev–Trinajstić information content (AvgIpc) is 3.27. The van der Waals surface area contributed by atoms with Crippen LogP contribution in [0.4, 0.5) is 10.5 Å². The van der Waals surface area contributed by atoms with Gasteiger partial charge in [0.1, 0.15) is 17.7 Å². The van der Waals surface area contributed by atoms with Crippen LogP contribution in [0.15, 0.2) is 54.6 Å². The summed E-state index contributed by atoms with van der Waals surface area (Å²) in [6.07, 6.45) is 6.58. The molecule has 3 aliphatic rings. The molecule has 44 heavy (non-hydrogen) atoms. The van der Waals surface area contributed by atoms with Gasteiger partial charge in [0.25, 0.3) is 11.8 Å². The molecule has 1 spiro atoms. The van der Waals surface area contributed by atoms with Crippen molar-refractivity contribution in [2.24, 2.45) is 0 Å². The molecule has 1 aliphatic carbocycles. The number of carbonyl (C=O) groups is 4. The molecule has 4 amide bonds. The van der Waals surface area contributed by atoms with Crippen LogP contribution in [0.2, 0.25) is 0 Å². The van der Waals surface area contributed by atoms with Crippen molar-refractivity contribution in [1.29, 1.82) is 0 Å². The zero-order valence-electron chi connectivity index (χ0n) is 26.1. The van der Waals surface area contributed by atoms with Crippen LogP contribution >= 0.6 is 0 Å². The highest BCUT2D eigenvalue weighted by molar-refractivity contribution is 5.97. The number of likely N-dealkylation sites (tertiary alicyclic amines) is 1. The molecule has 0 atom stereocenters. The third-order valence-electron chi connectivity index (χ3n) is 8.95.